The Morgan fingerprint density at radius 1 is 1.29 bits per heavy atom. The summed E-state index contributed by atoms with van der Waals surface area (Å²) in [7, 11) is 3.56. The number of allylic oxidation sites excluding steroid dienone is 1. The molecule has 1 aliphatic rings. The van der Waals surface area contributed by atoms with Crippen LogP contribution in [0.1, 0.15) is 37.4 Å². The molecule has 1 N–H and O–H groups in total. The molecule has 0 saturated carbocycles. The Morgan fingerprint density at radius 3 is 2.71 bits per heavy atom. The largest absolute Gasteiger partial charge is 0.480 e. The molecule has 4 heteroatoms. The lowest BCUT2D eigenvalue weighted by molar-refractivity contribution is 0.390. The van der Waals surface area contributed by atoms with Gasteiger partial charge in [0.25, 0.3) is 0 Å². The monoisotopic (exact) mass is 233 g/mol. The van der Waals surface area contributed by atoms with Gasteiger partial charge in [0.1, 0.15) is 0 Å². The molecule has 92 valence electrons. The van der Waals surface area contributed by atoms with E-state index in [1.165, 1.54) is 24.8 Å². The van der Waals surface area contributed by atoms with E-state index < -0.39 is 0 Å². The highest BCUT2D eigenvalue weighted by Crippen LogP contribution is 2.28. The summed E-state index contributed by atoms with van der Waals surface area (Å²) in [6, 6.07) is 4.02. The molecule has 0 aliphatic heterocycles. The minimum Gasteiger partial charge on any atom is -0.480 e. The molecule has 1 aliphatic carbocycles. The number of likely N-dealkylation sites (N-methyl/N-ethyl adjacent to an activating group) is 1. The SMILES string of the molecule is CNC(C1=CCCCC1)c1ccc(OC)nn1. The van der Waals surface area contributed by atoms with Gasteiger partial charge in [-0.05, 0) is 38.8 Å². The van der Waals surface area contributed by atoms with E-state index in [-0.39, 0.29) is 6.04 Å². The van der Waals surface area contributed by atoms with Crippen molar-refractivity contribution in [3.8, 4) is 5.88 Å². The second-order valence-corrected chi connectivity index (χ2v) is 4.25. The normalized spacial score (nSPS) is 17.4. The molecule has 0 bridgehead atoms. The van der Waals surface area contributed by atoms with Gasteiger partial charge in [-0.25, -0.2) is 0 Å². The molecule has 0 radical (unpaired) electrons. The van der Waals surface area contributed by atoms with Crippen molar-refractivity contribution in [3.05, 3.63) is 29.5 Å². The second-order valence-electron chi connectivity index (χ2n) is 4.25. The van der Waals surface area contributed by atoms with E-state index in [1.807, 2.05) is 19.2 Å². The third-order valence-electron chi connectivity index (χ3n) is 3.15. The lowest BCUT2D eigenvalue weighted by Gasteiger charge is -2.22. The zero-order chi connectivity index (χ0) is 12.1. The molecule has 1 atom stereocenters. The molecule has 0 fully saturated rings. The van der Waals surface area contributed by atoms with Gasteiger partial charge >= 0.3 is 0 Å². The fourth-order valence-corrected chi connectivity index (χ4v) is 2.24. The maximum absolute atomic E-state index is 5.02. The molecule has 0 aromatic carbocycles. The van der Waals surface area contributed by atoms with Crippen molar-refractivity contribution in [1.82, 2.24) is 15.5 Å². The Morgan fingerprint density at radius 2 is 2.18 bits per heavy atom. The van der Waals surface area contributed by atoms with Crippen LogP contribution in [-0.2, 0) is 0 Å². The minimum atomic E-state index is 0.189. The van der Waals surface area contributed by atoms with Crippen molar-refractivity contribution in [1.29, 1.82) is 0 Å². The van der Waals surface area contributed by atoms with Crippen LogP contribution in [-0.4, -0.2) is 24.4 Å². The molecule has 2 rings (SSSR count). The molecule has 0 spiro atoms. The molecule has 4 nitrogen and oxygen atoms in total. The summed E-state index contributed by atoms with van der Waals surface area (Å²) in [6.45, 7) is 0. The first-order valence-corrected chi connectivity index (χ1v) is 6.09. The number of hydrogen-bond donors (Lipinski definition) is 1. The van der Waals surface area contributed by atoms with Gasteiger partial charge in [0.2, 0.25) is 5.88 Å². The maximum atomic E-state index is 5.02. The Bertz CT molecular complexity index is 386. The van der Waals surface area contributed by atoms with E-state index in [9.17, 15) is 0 Å². The van der Waals surface area contributed by atoms with E-state index in [2.05, 4.69) is 21.6 Å². The Balaban J connectivity index is 2.18. The standard InChI is InChI=1S/C13H19N3O/c1-14-13(10-6-4-3-5-7-10)11-8-9-12(17-2)16-15-11/h6,8-9,13-14H,3-5,7H2,1-2H3. The smallest absolute Gasteiger partial charge is 0.233 e. The number of nitrogens with one attached hydrogen (secondary N) is 1. The van der Waals surface area contributed by atoms with Gasteiger partial charge < -0.3 is 10.1 Å². The highest BCUT2D eigenvalue weighted by molar-refractivity contribution is 5.24. The molecular formula is C13H19N3O. The van der Waals surface area contributed by atoms with E-state index in [0.717, 1.165) is 12.1 Å². The zero-order valence-electron chi connectivity index (χ0n) is 10.4. The molecular weight excluding hydrogens is 214 g/mol. The van der Waals surface area contributed by atoms with Crippen LogP contribution in [0.2, 0.25) is 0 Å². The minimum absolute atomic E-state index is 0.189. The number of methoxy groups -OCH3 is 1. The predicted molar refractivity (Wildman–Crippen MR) is 66.9 cm³/mol. The lowest BCUT2D eigenvalue weighted by Crippen LogP contribution is -2.21. The maximum Gasteiger partial charge on any atom is 0.233 e. The van der Waals surface area contributed by atoms with Gasteiger partial charge in [-0.1, -0.05) is 11.6 Å². The van der Waals surface area contributed by atoms with Crippen LogP contribution in [0.5, 0.6) is 5.88 Å². The summed E-state index contributed by atoms with van der Waals surface area (Å²) < 4.78 is 5.02. The van der Waals surface area contributed by atoms with E-state index in [1.54, 1.807) is 7.11 Å². The highest BCUT2D eigenvalue weighted by Gasteiger charge is 2.18. The summed E-state index contributed by atoms with van der Waals surface area (Å²) in [6.07, 6.45) is 7.23. The van der Waals surface area contributed by atoms with Crippen LogP contribution in [0, 0.1) is 0 Å². The van der Waals surface area contributed by atoms with Crippen LogP contribution in [0.25, 0.3) is 0 Å². The number of rotatable bonds is 4. The summed E-state index contributed by atoms with van der Waals surface area (Å²) in [5, 5.41) is 11.6. The number of nitrogens with zero attached hydrogens (tertiary/aromatic N) is 2. The van der Waals surface area contributed by atoms with Crippen LogP contribution in [0.3, 0.4) is 0 Å². The fourth-order valence-electron chi connectivity index (χ4n) is 2.24. The molecule has 0 amide bonds. The average Bonchev–Trinajstić information content (AvgIpc) is 2.42. The summed E-state index contributed by atoms with van der Waals surface area (Å²) in [4.78, 5) is 0. The number of aromatic nitrogens is 2. The van der Waals surface area contributed by atoms with Crippen LogP contribution < -0.4 is 10.1 Å². The summed E-state index contributed by atoms with van der Waals surface area (Å²) in [5.74, 6) is 0.557. The van der Waals surface area contributed by atoms with Gasteiger partial charge in [0, 0.05) is 6.07 Å². The van der Waals surface area contributed by atoms with E-state index >= 15 is 0 Å². The Kier molecular flexibility index (Phi) is 4.09. The highest BCUT2D eigenvalue weighted by atomic mass is 16.5. The van der Waals surface area contributed by atoms with Gasteiger partial charge in [-0.2, -0.15) is 0 Å². The van der Waals surface area contributed by atoms with Gasteiger partial charge in [-0.15, -0.1) is 10.2 Å². The van der Waals surface area contributed by atoms with Crippen molar-refractivity contribution in [2.45, 2.75) is 31.7 Å². The summed E-state index contributed by atoms with van der Waals surface area (Å²) in [5.41, 5.74) is 2.39. The van der Waals surface area contributed by atoms with Gasteiger partial charge in [-0.3, -0.25) is 0 Å². The van der Waals surface area contributed by atoms with Crippen LogP contribution in [0.15, 0.2) is 23.8 Å². The van der Waals surface area contributed by atoms with E-state index in [0.29, 0.717) is 5.88 Å². The fraction of sp³-hybridized carbons (Fsp3) is 0.538. The molecule has 17 heavy (non-hydrogen) atoms. The third kappa shape index (κ3) is 2.82. The van der Waals surface area contributed by atoms with Crippen molar-refractivity contribution in [2.75, 3.05) is 14.2 Å². The molecule has 1 unspecified atom stereocenters. The predicted octanol–water partition coefficient (Wildman–Crippen LogP) is 2.25. The Hall–Kier alpha value is -1.42. The van der Waals surface area contributed by atoms with Crippen molar-refractivity contribution in [2.24, 2.45) is 0 Å². The van der Waals surface area contributed by atoms with Gasteiger partial charge in [0.05, 0.1) is 18.8 Å². The van der Waals surface area contributed by atoms with E-state index in [4.69, 9.17) is 4.74 Å². The zero-order valence-corrected chi connectivity index (χ0v) is 10.4. The van der Waals surface area contributed by atoms with Crippen LogP contribution in [0.4, 0.5) is 0 Å². The van der Waals surface area contributed by atoms with Crippen molar-refractivity contribution < 1.29 is 4.74 Å². The number of hydrogen-bond acceptors (Lipinski definition) is 4. The second kappa shape index (κ2) is 5.77. The first-order chi connectivity index (χ1) is 8.35. The Labute approximate surface area is 102 Å². The average molecular weight is 233 g/mol. The first-order valence-electron chi connectivity index (χ1n) is 6.09. The van der Waals surface area contributed by atoms with Crippen molar-refractivity contribution in [3.63, 3.8) is 0 Å². The third-order valence-corrected chi connectivity index (χ3v) is 3.15. The summed E-state index contributed by atoms with van der Waals surface area (Å²) >= 11 is 0. The molecule has 1 aromatic heterocycles. The number of ether oxygens (including phenoxy) is 1. The van der Waals surface area contributed by atoms with Crippen molar-refractivity contribution >= 4 is 0 Å². The molecule has 1 aromatic rings. The molecule has 1 heterocycles. The van der Waals surface area contributed by atoms with Crippen LogP contribution >= 0.6 is 0 Å². The lowest BCUT2D eigenvalue weighted by atomic mass is 9.92. The topological polar surface area (TPSA) is 47.0 Å². The molecule has 0 saturated heterocycles. The quantitative estimate of drug-likeness (QED) is 0.810. The first kappa shape index (κ1) is 12.0. The van der Waals surface area contributed by atoms with Gasteiger partial charge in [0.15, 0.2) is 0 Å².